The van der Waals surface area contributed by atoms with Gasteiger partial charge in [0.15, 0.2) is 11.6 Å². The van der Waals surface area contributed by atoms with Crippen LogP contribution in [-0.2, 0) is 0 Å². The van der Waals surface area contributed by atoms with Crippen LogP contribution < -0.4 is 4.90 Å². The molecule has 0 aromatic carbocycles. The molecule has 3 nitrogen and oxygen atoms in total. The molecule has 1 saturated heterocycles. The molecule has 0 amide bonds. The van der Waals surface area contributed by atoms with Gasteiger partial charge in [-0.15, -0.1) is 0 Å². The Labute approximate surface area is 110 Å². The summed E-state index contributed by atoms with van der Waals surface area (Å²) in [4.78, 5) is 10.1. The Hall–Kier alpha value is -0.710. The fourth-order valence-corrected chi connectivity index (χ4v) is 2.94. The van der Waals surface area contributed by atoms with Crippen molar-refractivity contribution in [3.05, 3.63) is 17.8 Å². The van der Waals surface area contributed by atoms with Crippen molar-refractivity contribution >= 4 is 21.7 Å². The molecule has 1 aliphatic rings. The van der Waals surface area contributed by atoms with E-state index in [1.807, 2.05) is 0 Å². The van der Waals surface area contributed by atoms with Crippen molar-refractivity contribution < 1.29 is 4.39 Å². The minimum atomic E-state index is -0.277. The summed E-state index contributed by atoms with van der Waals surface area (Å²) in [6.07, 6.45) is 6.06. The molecular formula is C12H17BrFN3. The first-order valence-electron chi connectivity index (χ1n) is 6.03. The number of hydrogen-bond donors (Lipinski definition) is 0. The highest BCUT2D eigenvalue weighted by Gasteiger charge is 2.24. The smallest absolute Gasteiger partial charge is 0.186 e. The predicted molar refractivity (Wildman–Crippen MR) is 70.1 cm³/mol. The van der Waals surface area contributed by atoms with E-state index in [1.54, 1.807) is 6.92 Å². The van der Waals surface area contributed by atoms with Gasteiger partial charge in [0, 0.05) is 17.9 Å². The van der Waals surface area contributed by atoms with E-state index in [4.69, 9.17) is 0 Å². The quantitative estimate of drug-likeness (QED) is 0.786. The minimum Gasteiger partial charge on any atom is -0.350 e. The topological polar surface area (TPSA) is 29.0 Å². The van der Waals surface area contributed by atoms with Gasteiger partial charge in [0.1, 0.15) is 6.33 Å². The number of nitrogens with zero attached hydrogens (tertiary/aromatic N) is 3. The largest absolute Gasteiger partial charge is 0.350 e. The third-order valence-corrected chi connectivity index (χ3v) is 4.02. The Bertz CT molecular complexity index is 386. The number of alkyl halides is 1. The fraction of sp³-hybridized carbons (Fsp3) is 0.667. The van der Waals surface area contributed by atoms with Crippen LogP contribution in [0.5, 0.6) is 0 Å². The Morgan fingerprint density at radius 1 is 1.41 bits per heavy atom. The number of aromatic nitrogens is 2. The van der Waals surface area contributed by atoms with Crippen LogP contribution in [0, 0.1) is 12.7 Å². The average Bonchev–Trinajstić information content (AvgIpc) is 2.57. The SMILES string of the molecule is Cc1ncnc(N2CCCCCC2CBr)c1F. The molecule has 5 heteroatoms. The first-order valence-corrected chi connectivity index (χ1v) is 7.16. The van der Waals surface area contributed by atoms with Gasteiger partial charge in [0.25, 0.3) is 0 Å². The molecule has 1 fully saturated rings. The number of hydrogen-bond acceptors (Lipinski definition) is 3. The monoisotopic (exact) mass is 301 g/mol. The zero-order valence-electron chi connectivity index (χ0n) is 9.99. The first kappa shape index (κ1) is 12.7. The van der Waals surface area contributed by atoms with E-state index in [0.29, 0.717) is 17.6 Å². The fourth-order valence-electron chi connectivity index (χ4n) is 2.26. The summed E-state index contributed by atoms with van der Waals surface area (Å²) in [6, 6.07) is 0.335. The standard InChI is InChI=1S/C12H17BrFN3/c1-9-11(14)12(16-8-15-9)17-6-4-2-3-5-10(17)7-13/h8,10H,2-7H2,1H3. The van der Waals surface area contributed by atoms with Gasteiger partial charge in [0.2, 0.25) is 0 Å². The second-order valence-electron chi connectivity index (χ2n) is 4.45. The lowest BCUT2D eigenvalue weighted by atomic mass is 10.1. The van der Waals surface area contributed by atoms with Gasteiger partial charge in [-0.05, 0) is 19.8 Å². The lowest BCUT2D eigenvalue weighted by Crippen LogP contribution is -2.37. The summed E-state index contributed by atoms with van der Waals surface area (Å²) in [6.45, 7) is 2.56. The Kier molecular flexibility index (Phi) is 4.31. The van der Waals surface area contributed by atoms with Crippen LogP contribution in [0.2, 0.25) is 0 Å². The molecule has 1 atom stereocenters. The van der Waals surface area contributed by atoms with Gasteiger partial charge in [-0.2, -0.15) is 0 Å². The van der Waals surface area contributed by atoms with Gasteiger partial charge in [-0.1, -0.05) is 28.8 Å². The van der Waals surface area contributed by atoms with E-state index < -0.39 is 0 Å². The van der Waals surface area contributed by atoms with Crippen molar-refractivity contribution in [3.8, 4) is 0 Å². The second kappa shape index (κ2) is 5.76. The highest BCUT2D eigenvalue weighted by molar-refractivity contribution is 9.09. The first-order chi connectivity index (χ1) is 8.24. The number of aryl methyl sites for hydroxylation is 1. The molecular weight excluding hydrogens is 285 g/mol. The van der Waals surface area contributed by atoms with Crippen molar-refractivity contribution in [1.29, 1.82) is 0 Å². The van der Waals surface area contributed by atoms with E-state index in [1.165, 1.54) is 19.2 Å². The van der Waals surface area contributed by atoms with Crippen molar-refractivity contribution in [1.82, 2.24) is 9.97 Å². The third kappa shape index (κ3) is 2.76. The van der Waals surface area contributed by atoms with Gasteiger partial charge >= 0.3 is 0 Å². The van der Waals surface area contributed by atoms with Gasteiger partial charge in [0.05, 0.1) is 5.69 Å². The van der Waals surface area contributed by atoms with Crippen molar-refractivity contribution in [3.63, 3.8) is 0 Å². The lowest BCUT2D eigenvalue weighted by molar-refractivity contribution is 0.564. The van der Waals surface area contributed by atoms with E-state index in [0.717, 1.165) is 24.7 Å². The van der Waals surface area contributed by atoms with E-state index in [-0.39, 0.29) is 5.82 Å². The predicted octanol–water partition coefficient (Wildman–Crippen LogP) is 3.07. The molecule has 17 heavy (non-hydrogen) atoms. The third-order valence-electron chi connectivity index (χ3n) is 3.27. The molecule has 94 valence electrons. The molecule has 0 bridgehead atoms. The van der Waals surface area contributed by atoms with Crippen LogP contribution in [-0.4, -0.2) is 27.9 Å². The number of halogens is 2. The van der Waals surface area contributed by atoms with Crippen LogP contribution in [0.3, 0.4) is 0 Å². The summed E-state index contributed by atoms with van der Waals surface area (Å²) < 4.78 is 14.0. The van der Waals surface area contributed by atoms with Gasteiger partial charge in [-0.25, -0.2) is 14.4 Å². The molecule has 0 aliphatic carbocycles. The minimum absolute atomic E-state index is 0.277. The van der Waals surface area contributed by atoms with Crippen LogP contribution >= 0.6 is 15.9 Å². The van der Waals surface area contributed by atoms with Crippen LogP contribution in [0.4, 0.5) is 10.2 Å². The molecule has 0 N–H and O–H groups in total. The van der Waals surface area contributed by atoms with E-state index in [2.05, 4.69) is 30.8 Å². The molecule has 1 aliphatic heterocycles. The molecule has 2 rings (SSSR count). The van der Waals surface area contributed by atoms with Gasteiger partial charge < -0.3 is 4.90 Å². The van der Waals surface area contributed by atoms with E-state index >= 15 is 0 Å². The lowest BCUT2D eigenvalue weighted by Gasteiger charge is -2.30. The summed E-state index contributed by atoms with van der Waals surface area (Å²) in [7, 11) is 0. The van der Waals surface area contributed by atoms with Crippen LogP contribution in [0.15, 0.2) is 6.33 Å². The maximum Gasteiger partial charge on any atom is 0.186 e. The highest BCUT2D eigenvalue weighted by Crippen LogP contribution is 2.26. The summed E-state index contributed by atoms with van der Waals surface area (Å²) in [5, 5.41) is 0.857. The molecule has 0 radical (unpaired) electrons. The Morgan fingerprint density at radius 2 is 2.24 bits per heavy atom. The summed E-state index contributed by atoms with van der Waals surface area (Å²) in [5.41, 5.74) is 0.424. The Morgan fingerprint density at radius 3 is 3.00 bits per heavy atom. The molecule has 0 spiro atoms. The van der Waals surface area contributed by atoms with Crippen LogP contribution in [0.1, 0.15) is 31.4 Å². The average molecular weight is 302 g/mol. The molecule has 1 unspecified atom stereocenters. The van der Waals surface area contributed by atoms with Crippen molar-refractivity contribution in [2.24, 2.45) is 0 Å². The molecule has 1 aromatic rings. The van der Waals surface area contributed by atoms with Gasteiger partial charge in [-0.3, -0.25) is 0 Å². The molecule has 0 saturated carbocycles. The number of rotatable bonds is 2. The summed E-state index contributed by atoms with van der Waals surface area (Å²) >= 11 is 3.52. The maximum absolute atomic E-state index is 14.0. The second-order valence-corrected chi connectivity index (χ2v) is 5.10. The summed E-state index contributed by atoms with van der Waals surface area (Å²) in [5.74, 6) is 0.184. The van der Waals surface area contributed by atoms with Crippen LogP contribution in [0.25, 0.3) is 0 Å². The van der Waals surface area contributed by atoms with Crippen molar-refractivity contribution in [2.45, 2.75) is 38.6 Å². The zero-order chi connectivity index (χ0) is 12.3. The maximum atomic E-state index is 14.0. The molecule has 1 aromatic heterocycles. The normalized spacial score (nSPS) is 21.4. The van der Waals surface area contributed by atoms with E-state index in [9.17, 15) is 4.39 Å². The highest BCUT2D eigenvalue weighted by atomic mass is 79.9. The zero-order valence-corrected chi connectivity index (χ0v) is 11.6. The number of anilines is 1. The molecule has 2 heterocycles. The Balaban J connectivity index is 2.31. The van der Waals surface area contributed by atoms with Crippen molar-refractivity contribution in [2.75, 3.05) is 16.8 Å².